The van der Waals surface area contributed by atoms with E-state index in [1.54, 1.807) is 13.2 Å². The molecule has 0 bridgehead atoms. The van der Waals surface area contributed by atoms with Crippen molar-refractivity contribution >= 4 is 5.82 Å². The Hall–Kier alpha value is -2.20. The molecular formula is C22H29F3N6O. The first kappa shape index (κ1) is 21.6. The number of rotatable bonds is 5. The highest BCUT2D eigenvalue weighted by Crippen LogP contribution is 2.41. The summed E-state index contributed by atoms with van der Waals surface area (Å²) < 4.78 is 48.3. The fraction of sp³-hybridized carbons (Fsp3) is 0.682. The molecular weight excluding hydrogens is 421 g/mol. The normalized spacial score (nSPS) is 27.1. The van der Waals surface area contributed by atoms with Crippen molar-refractivity contribution in [2.24, 2.45) is 24.8 Å². The topological polar surface area (TPSA) is 68.1 Å². The van der Waals surface area contributed by atoms with Gasteiger partial charge in [0.05, 0.1) is 11.9 Å². The van der Waals surface area contributed by atoms with Crippen molar-refractivity contribution in [2.75, 3.05) is 38.2 Å². The van der Waals surface area contributed by atoms with Gasteiger partial charge in [-0.3, -0.25) is 4.68 Å². The predicted molar refractivity (Wildman–Crippen MR) is 113 cm³/mol. The number of likely N-dealkylation sites (tertiary alicyclic amines) is 1. The lowest BCUT2D eigenvalue weighted by molar-refractivity contribution is -0.137. The summed E-state index contributed by atoms with van der Waals surface area (Å²) in [6.45, 7) is 4.92. The van der Waals surface area contributed by atoms with Gasteiger partial charge >= 0.3 is 6.18 Å². The van der Waals surface area contributed by atoms with Gasteiger partial charge in [0.25, 0.3) is 0 Å². The van der Waals surface area contributed by atoms with Crippen molar-refractivity contribution in [3.05, 3.63) is 24.0 Å². The maximum absolute atomic E-state index is 13.8. The van der Waals surface area contributed by atoms with Gasteiger partial charge in [0.2, 0.25) is 0 Å². The standard InChI is InChI=1S/C22H29F3N6O/c1-30-11-17(9-26-30)20-8-19(22(23,24)25)21(29-28-20)27-18-6-15-12-31(13-16(15)7-18)10-14-2-4-32-5-3-14/h8-9,11,14-16,18H,2-7,10,12-13H2,1H3,(H,27,29)/t15-,16+,18?. The van der Waals surface area contributed by atoms with Gasteiger partial charge in [0.1, 0.15) is 5.56 Å². The first-order valence-corrected chi connectivity index (χ1v) is 11.4. The monoisotopic (exact) mass is 450 g/mol. The highest BCUT2D eigenvalue weighted by Gasteiger charge is 2.42. The van der Waals surface area contributed by atoms with Gasteiger partial charge in [-0.1, -0.05) is 0 Å². The molecule has 2 saturated heterocycles. The number of anilines is 1. The molecule has 3 aliphatic rings. The summed E-state index contributed by atoms with van der Waals surface area (Å²) in [6, 6.07) is 1.06. The summed E-state index contributed by atoms with van der Waals surface area (Å²) >= 11 is 0. The average molecular weight is 451 g/mol. The molecule has 2 aromatic rings. The van der Waals surface area contributed by atoms with Crippen LogP contribution < -0.4 is 5.32 Å². The molecule has 2 aliphatic heterocycles. The number of aryl methyl sites for hydroxylation is 1. The lowest BCUT2D eigenvalue weighted by atomic mass is 10.00. The highest BCUT2D eigenvalue weighted by molar-refractivity contribution is 5.61. The van der Waals surface area contributed by atoms with Crippen LogP contribution in [-0.4, -0.2) is 63.8 Å². The molecule has 4 heterocycles. The highest BCUT2D eigenvalue weighted by atomic mass is 19.4. The molecule has 0 aromatic carbocycles. The Balaban J connectivity index is 1.23. The third kappa shape index (κ3) is 4.61. The summed E-state index contributed by atoms with van der Waals surface area (Å²) in [5, 5.41) is 15.1. The molecule has 0 spiro atoms. The van der Waals surface area contributed by atoms with Gasteiger partial charge in [-0.2, -0.15) is 18.3 Å². The Labute approximate surface area is 185 Å². The molecule has 7 nitrogen and oxygen atoms in total. The molecule has 0 amide bonds. The van der Waals surface area contributed by atoms with Crippen LogP contribution in [0.4, 0.5) is 19.0 Å². The van der Waals surface area contributed by atoms with E-state index in [2.05, 4.69) is 25.5 Å². The Bertz CT molecular complexity index is 928. The quantitative estimate of drug-likeness (QED) is 0.753. The van der Waals surface area contributed by atoms with Gasteiger partial charge in [0, 0.05) is 57.7 Å². The Morgan fingerprint density at radius 1 is 1.12 bits per heavy atom. The van der Waals surface area contributed by atoms with Crippen molar-refractivity contribution in [1.82, 2.24) is 24.9 Å². The van der Waals surface area contributed by atoms with E-state index < -0.39 is 11.7 Å². The second-order valence-electron chi connectivity index (χ2n) is 9.50. The van der Waals surface area contributed by atoms with E-state index in [1.807, 2.05) is 0 Å². The first-order chi connectivity index (χ1) is 15.3. The van der Waals surface area contributed by atoms with Crippen molar-refractivity contribution in [3.8, 4) is 11.3 Å². The maximum atomic E-state index is 13.8. The van der Waals surface area contributed by atoms with Gasteiger partial charge in [-0.25, -0.2) is 0 Å². The number of fused-ring (bicyclic) bond motifs is 1. The second-order valence-corrected chi connectivity index (χ2v) is 9.50. The van der Waals surface area contributed by atoms with Crippen molar-refractivity contribution in [2.45, 2.75) is 37.9 Å². The largest absolute Gasteiger partial charge is 0.420 e. The molecule has 10 heteroatoms. The fourth-order valence-corrected chi connectivity index (χ4v) is 5.56. The number of nitrogens with zero attached hydrogens (tertiary/aromatic N) is 5. The summed E-state index contributed by atoms with van der Waals surface area (Å²) in [4.78, 5) is 2.55. The van der Waals surface area contributed by atoms with E-state index in [1.165, 1.54) is 10.9 Å². The van der Waals surface area contributed by atoms with Crippen molar-refractivity contribution in [3.63, 3.8) is 0 Å². The van der Waals surface area contributed by atoms with Gasteiger partial charge in [-0.15, -0.1) is 10.2 Å². The van der Waals surface area contributed by atoms with Crippen LogP contribution >= 0.6 is 0 Å². The Morgan fingerprint density at radius 2 is 1.84 bits per heavy atom. The number of ether oxygens (including phenoxy) is 1. The average Bonchev–Trinajstić information content (AvgIpc) is 3.43. The van der Waals surface area contributed by atoms with E-state index >= 15 is 0 Å². The van der Waals surface area contributed by atoms with Crippen LogP contribution in [0, 0.1) is 17.8 Å². The summed E-state index contributed by atoms with van der Waals surface area (Å²) in [6.07, 6.45) is 2.61. The lowest BCUT2D eigenvalue weighted by Crippen LogP contribution is -2.32. The molecule has 174 valence electrons. The fourth-order valence-electron chi connectivity index (χ4n) is 5.56. The van der Waals surface area contributed by atoms with Crippen LogP contribution in [0.1, 0.15) is 31.2 Å². The number of alkyl halides is 3. The molecule has 32 heavy (non-hydrogen) atoms. The molecule has 1 aliphatic carbocycles. The summed E-state index contributed by atoms with van der Waals surface area (Å²) in [5.74, 6) is 1.60. The minimum atomic E-state index is -4.51. The number of hydrogen-bond acceptors (Lipinski definition) is 6. The molecule has 0 radical (unpaired) electrons. The predicted octanol–water partition coefficient (Wildman–Crippen LogP) is 3.44. The van der Waals surface area contributed by atoms with E-state index in [-0.39, 0.29) is 17.6 Å². The maximum Gasteiger partial charge on any atom is 0.420 e. The molecule has 1 saturated carbocycles. The van der Waals surface area contributed by atoms with Crippen LogP contribution in [0.5, 0.6) is 0 Å². The van der Waals surface area contributed by atoms with E-state index in [0.29, 0.717) is 23.3 Å². The van der Waals surface area contributed by atoms with Gasteiger partial charge in [-0.05, 0) is 49.5 Å². The zero-order valence-corrected chi connectivity index (χ0v) is 18.2. The summed E-state index contributed by atoms with van der Waals surface area (Å²) in [7, 11) is 1.71. The van der Waals surface area contributed by atoms with E-state index in [0.717, 1.165) is 64.6 Å². The zero-order chi connectivity index (χ0) is 22.3. The SMILES string of the molecule is Cn1cc(-c2cc(C(F)(F)F)c(NC3C[C@@H]4CN(CC5CCOCC5)C[C@@H]4C3)nn2)cn1. The van der Waals surface area contributed by atoms with E-state index in [9.17, 15) is 13.2 Å². The molecule has 3 atom stereocenters. The minimum Gasteiger partial charge on any atom is -0.381 e. The van der Waals surface area contributed by atoms with Crippen LogP contribution in [0.15, 0.2) is 18.5 Å². The second kappa shape index (κ2) is 8.62. The number of aromatic nitrogens is 4. The molecule has 2 aromatic heterocycles. The number of halogens is 3. The smallest absolute Gasteiger partial charge is 0.381 e. The van der Waals surface area contributed by atoms with E-state index in [4.69, 9.17) is 4.74 Å². The van der Waals surface area contributed by atoms with Crippen LogP contribution in [-0.2, 0) is 18.0 Å². The molecule has 1 N–H and O–H groups in total. The van der Waals surface area contributed by atoms with Gasteiger partial charge < -0.3 is 15.0 Å². The molecule has 3 fully saturated rings. The van der Waals surface area contributed by atoms with Gasteiger partial charge in [0.15, 0.2) is 5.82 Å². The summed E-state index contributed by atoms with van der Waals surface area (Å²) in [5.41, 5.74) is -0.0929. The third-order valence-electron chi connectivity index (χ3n) is 7.12. The van der Waals surface area contributed by atoms with Crippen molar-refractivity contribution < 1.29 is 17.9 Å². The minimum absolute atomic E-state index is 0.00475. The Kier molecular flexibility index (Phi) is 5.83. The van der Waals surface area contributed by atoms with Crippen molar-refractivity contribution in [1.29, 1.82) is 0 Å². The molecule has 1 unspecified atom stereocenters. The van der Waals surface area contributed by atoms with Crippen LogP contribution in [0.25, 0.3) is 11.3 Å². The third-order valence-corrected chi connectivity index (χ3v) is 7.12. The number of nitrogens with one attached hydrogen (secondary N) is 1. The first-order valence-electron chi connectivity index (χ1n) is 11.4. The Morgan fingerprint density at radius 3 is 2.47 bits per heavy atom. The lowest BCUT2D eigenvalue weighted by Gasteiger charge is -2.28. The van der Waals surface area contributed by atoms with Crippen LogP contribution in [0.3, 0.4) is 0 Å². The van der Waals surface area contributed by atoms with Crippen LogP contribution in [0.2, 0.25) is 0 Å². The zero-order valence-electron chi connectivity index (χ0n) is 18.2. The molecule has 5 rings (SSSR count). The number of hydrogen-bond donors (Lipinski definition) is 1.